The van der Waals surface area contributed by atoms with Crippen LogP contribution in [0.15, 0.2) is 55.3 Å². The Morgan fingerprint density at radius 1 is 1.17 bits per heavy atom. The second-order valence-corrected chi connectivity index (χ2v) is 5.03. The Balaban J connectivity index is 2.79. The van der Waals surface area contributed by atoms with Crippen LogP contribution in [0.5, 0.6) is 0 Å². The van der Waals surface area contributed by atoms with Crippen molar-refractivity contribution < 1.29 is 0 Å². The zero-order valence-electron chi connectivity index (χ0n) is 7.16. The summed E-state index contributed by atoms with van der Waals surface area (Å²) in [5.74, 6) is 0. The van der Waals surface area contributed by atoms with Crippen LogP contribution in [0.25, 0.3) is 0 Å². The largest absolute Gasteiger partial charge is 0.115 e. The first kappa shape index (κ1) is 9.01. The van der Waals surface area contributed by atoms with Crippen LogP contribution in [-0.2, 0) is 0 Å². The SMILES string of the molecule is C=CC[Si](C=C)c1ccccc1. The van der Waals surface area contributed by atoms with E-state index in [4.69, 9.17) is 0 Å². The van der Waals surface area contributed by atoms with E-state index in [1.54, 1.807) is 0 Å². The first-order valence-electron chi connectivity index (χ1n) is 4.03. The van der Waals surface area contributed by atoms with Gasteiger partial charge in [-0.15, -0.1) is 13.2 Å². The third-order valence-corrected chi connectivity index (χ3v) is 4.05. The first-order chi connectivity index (χ1) is 5.88. The van der Waals surface area contributed by atoms with E-state index in [0.717, 1.165) is 6.04 Å². The van der Waals surface area contributed by atoms with Crippen LogP contribution in [0.2, 0.25) is 6.04 Å². The van der Waals surface area contributed by atoms with Gasteiger partial charge in [-0.2, -0.15) is 0 Å². The summed E-state index contributed by atoms with van der Waals surface area (Å²) in [7, 11) is -0.567. The Kier molecular flexibility index (Phi) is 3.55. The molecule has 1 aromatic rings. The Morgan fingerprint density at radius 3 is 2.33 bits per heavy atom. The van der Waals surface area contributed by atoms with Crippen LogP contribution in [0.1, 0.15) is 0 Å². The Hall–Kier alpha value is -1.08. The van der Waals surface area contributed by atoms with Crippen molar-refractivity contribution in [1.29, 1.82) is 0 Å². The van der Waals surface area contributed by atoms with Gasteiger partial charge in [-0.25, -0.2) is 0 Å². The highest BCUT2D eigenvalue weighted by Gasteiger charge is 2.05. The zero-order chi connectivity index (χ0) is 8.81. The molecule has 61 valence electrons. The highest BCUT2D eigenvalue weighted by molar-refractivity contribution is 6.78. The second-order valence-electron chi connectivity index (χ2n) is 2.59. The van der Waals surface area contributed by atoms with E-state index in [1.807, 2.05) is 12.1 Å². The van der Waals surface area contributed by atoms with Gasteiger partial charge in [-0.3, -0.25) is 0 Å². The number of benzene rings is 1. The fourth-order valence-corrected chi connectivity index (χ4v) is 2.70. The molecule has 0 fully saturated rings. The van der Waals surface area contributed by atoms with E-state index in [-0.39, 0.29) is 0 Å². The number of allylic oxidation sites excluding steroid dienone is 1. The monoisotopic (exact) mass is 173 g/mol. The molecule has 12 heavy (non-hydrogen) atoms. The van der Waals surface area contributed by atoms with E-state index >= 15 is 0 Å². The molecular formula is C11H13Si. The second kappa shape index (κ2) is 4.73. The van der Waals surface area contributed by atoms with Gasteiger partial charge in [0, 0.05) is 0 Å². The molecule has 0 aliphatic heterocycles. The lowest BCUT2D eigenvalue weighted by Gasteiger charge is -2.06. The van der Waals surface area contributed by atoms with E-state index in [1.165, 1.54) is 5.19 Å². The maximum atomic E-state index is 3.85. The van der Waals surface area contributed by atoms with Crippen LogP contribution >= 0.6 is 0 Å². The average molecular weight is 173 g/mol. The van der Waals surface area contributed by atoms with Gasteiger partial charge in [0.15, 0.2) is 0 Å². The molecule has 1 aromatic carbocycles. The van der Waals surface area contributed by atoms with Gasteiger partial charge in [0.2, 0.25) is 0 Å². The van der Waals surface area contributed by atoms with Crippen molar-refractivity contribution in [3.8, 4) is 0 Å². The van der Waals surface area contributed by atoms with Crippen LogP contribution in [0.3, 0.4) is 0 Å². The fourth-order valence-electron chi connectivity index (χ4n) is 1.13. The summed E-state index contributed by atoms with van der Waals surface area (Å²) in [4.78, 5) is 0. The molecule has 1 radical (unpaired) electrons. The van der Waals surface area contributed by atoms with Crippen molar-refractivity contribution in [2.45, 2.75) is 6.04 Å². The molecule has 0 nitrogen and oxygen atoms in total. The quantitative estimate of drug-likeness (QED) is 0.484. The fraction of sp³-hybridized carbons (Fsp3) is 0.0909. The molecule has 0 spiro atoms. The molecule has 1 heteroatoms. The molecule has 0 saturated carbocycles. The minimum Gasteiger partial charge on any atom is -0.107 e. The molecule has 0 heterocycles. The number of hydrogen-bond donors (Lipinski definition) is 0. The minimum absolute atomic E-state index is 0.567. The lowest BCUT2D eigenvalue weighted by Crippen LogP contribution is -2.26. The predicted octanol–water partition coefficient (Wildman–Crippen LogP) is 2.30. The summed E-state index contributed by atoms with van der Waals surface area (Å²) in [6, 6.07) is 11.6. The number of rotatable bonds is 4. The summed E-state index contributed by atoms with van der Waals surface area (Å²) in [5.41, 5.74) is 2.07. The maximum Gasteiger partial charge on any atom is 0.115 e. The molecule has 0 saturated heterocycles. The minimum atomic E-state index is -0.567. The number of hydrogen-bond acceptors (Lipinski definition) is 0. The molecule has 0 aliphatic rings. The van der Waals surface area contributed by atoms with Crippen molar-refractivity contribution in [3.63, 3.8) is 0 Å². The molecule has 0 atom stereocenters. The van der Waals surface area contributed by atoms with Crippen molar-refractivity contribution in [2.24, 2.45) is 0 Å². The van der Waals surface area contributed by atoms with Crippen LogP contribution in [0, 0.1) is 0 Å². The average Bonchev–Trinajstić information content (AvgIpc) is 2.15. The Bertz CT molecular complexity index is 251. The van der Waals surface area contributed by atoms with Gasteiger partial charge >= 0.3 is 0 Å². The molecule has 0 aromatic heterocycles. The Morgan fingerprint density at radius 2 is 1.83 bits per heavy atom. The molecule has 0 amide bonds. The van der Waals surface area contributed by atoms with Gasteiger partial charge in [0.25, 0.3) is 0 Å². The van der Waals surface area contributed by atoms with Crippen molar-refractivity contribution >= 4 is 14.0 Å². The highest BCUT2D eigenvalue weighted by atomic mass is 28.3. The standard InChI is InChI=1S/C11H13Si/c1-3-10-12(4-2)11-8-6-5-7-9-11/h3-9H,1-2,10H2. The molecule has 0 bridgehead atoms. The third-order valence-electron chi connectivity index (χ3n) is 1.76. The van der Waals surface area contributed by atoms with E-state index in [0.29, 0.717) is 0 Å². The summed E-state index contributed by atoms with van der Waals surface area (Å²) >= 11 is 0. The van der Waals surface area contributed by atoms with Crippen LogP contribution in [-0.4, -0.2) is 8.80 Å². The topological polar surface area (TPSA) is 0 Å². The molecule has 0 aliphatic carbocycles. The maximum absolute atomic E-state index is 3.85. The Labute approximate surface area is 75.9 Å². The van der Waals surface area contributed by atoms with Crippen LogP contribution in [0.4, 0.5) is 0 Å². The van der Waals surface area contributed by atoms with E-state index in [2.05, 4.69) is 43.1 Å². The molecule has 1 rings (SSSR count). The zero-order valence-corrected chi connectivity index (χ0v) is 8.16. The van der Waals surface area contributed by atoms with Crippen molar-refractivity contribution in [3.05, 3.63) is 55.3 Å². The normalized spacial score (nSPS) is 9.75. The van der Waals surface area contributed by atoms with Crippen molar-refractivity contribution in [2.75, 3.05) is 0 Å². The molecular weight excluding hydrogens is 160 g/mol. The van der Waals surface area contributed by atoms with E-state index < -0.39 is 8.80 Å². The third kappa shape index (κ3) is 2.21. The summed E-state index contributed by atoms with van der Waals surface area (Å²) in [5, 5.41) is 1.41. The van der Waals surface area contributed by atoms with E-state index in [9.17, 15) is 0 Å². The van der Waals surface area contributed by atoms with Crippen molar-refractivity contribution in [1.82, 2.24) is 0 Å². The smallest absolute Gasteiger partial charge is 0.107 e. The molecule has 0 N–H and O–H groups in total. The first-order valence-corrected chi connectivity index (χ1v) is 5.81. The van der Waals surface area contributed by atoms with Gasteiger partial charge in [-0.05, 0) is 6.04 Å². The summed E-state index contributed by atoms with van der Waals surface area (Å²) < 4.78 is 0. The predicted molar refractivity (Wildman–Crippen MR) is 57.0 cm³/mol. The lowest BCUT2D eigenvalue weighted by molar-refractivity contribution is 1.66. The molecule has 0 unspecified atom stereocenters. The summed E-state index contributed by atoms with van der Waals surface area (Å²) in [6.45, 7) is 7.61. The van der Waals surface area contributed by atoms with Crippen LogP contribution < -0.4 is 5.19 Å². The lowest BCUT2D eigenvalue weighted by atomic mass is 10.4. The van der Waals surface area contributed by atoms with Gasteiger partial charge in [-0.1, -0.05) is 47.3 Å². The van der Waals surface area contributed by atoms with Gasteiger partial charge in [0.1, 0.15) is 8.80 Å². The highest BCUT2D eigenvalue weighted by Crippen LogP contribution is 1.96. The van der Waals surface area contributed by atoms with Gasteiger partial charge < -0.3 is 0 Å². The van der Waals surface area contributed by atoms with Gasteiger partial charge in [0.05, 0.1) is 0 Å². The summed E-state index contributed by atoms with van der Waals surface area (Å²) in [6.07, 6.45) is 1.98.